The molecule has 5 rings (SSSR count). The standard InChI is InChI=1S/C26H23ClN4O2S/c1-3-17-6-8-18(9-7-17)15-31-16(2)22(25-29-24(30-33-25)21-5-4-14-34-21)23(28-26(31)32)19-10-12-20(27)13-11-19/h4-14,23H,3,15H2,1-2H3,(H,28,32). The van der Waals surface area contributed by atoms with E-state index < -0.39 is 6.04 Å². The Morgan fingerprint density at radius 2 is 1.82 bits per heavy atom. The van der Waals surface area contributed by atoms with Crippen molar-refractivity contribution in [1.29, 1.82) is 0 Å². The highest BCUT2D eigenvalue weighted by molar-refractivity contribution is 7.13. The molecule has 1 unspecified atom stereocenters. The molecule has 6 nitrogen and oxygen atoms in total. The third-order valence-corrected chi connectivity index (χ3v) is 7.09. The van der Waals surface area contributed by atoms with Gasteiger partial charge < -0.3 is 9.84 Å². The second-order valence-corrected chi connectivity index (χ2v) is 9.47. The number of hydrogen-bond acceptors (Lipinski definition) is 5. The summed E-state index contributed by atoms with van der Waals surface area (Å²) in [5.74, 6) is 0.908. The number of aromatic nitrogens is 2. The van der Waals surface area contributed by atoms with E-state index in [0.717, 1.165) is 33.7 Å². The molecule has 2 aromatic heterocycles. The number of amides is 2. The Hall–Kier alpha value is -3.42. The topological polar surface area (TPSA) is 71.3 Å². The second kappa shape index (κ2) is 9.44. The van der Waals surface area contributed by atoms with E-state index in [1.807, 2.05) is 48.7 Å². The number of halogens is 1. The van der Waals surface area contributed by atoms with Crippen LogP contribution in [0.2, 0.25) is 5.02 Å². The molecule has 0 aliphatic carbocycles. The summed E-state index contributed by atoms with van der Waals surface area (Å²) in [6, 6.07) is 19.0. The number of aryl methyl sites for hydroxylation is 1. The number of nitrogens with one attached hydrogen (secondary N) is 1. The monoisotopic (exact) mass is 490 g/mol. The SMILES string of the molecule is CCc1ccc(CN2C(=O)NC(c3ccc(Cl)cc3)C(c3nc(-c4cccs4)no3)=C2C)cc1. The normalized spacial score (nSPS) is 16.1. The van der Waals surface area contributed by atoms with Crippen LogP contribution in [-0.2, 0) is 13.0 Å². The van der Waals surface area contributed by atoms with Crippen LogP contribution in [0.5, 0.6) is 0 Å². The number of thiophene rings is 1. The number of benzene rings is 2. The van der Waals surface area contributed by atoms with Gasteiger partial charge in [0.25, 0.3) is 5.89 Å². The van der Waals surface area contributed by atoms with Crippen molar-refractivity contribution < 1.29 is 9.32 Å². The number of hydrogen-bond donors (Lipinski definition) is 1. The zero-order chi connectivity index (χ0) is 23.7. The Morgan fingerprint density at radius 3 is 2.50 bits per heavy atom. The molecule has 172 valence electrons. The third-order valence-electron chi connectivity index (χ3n) is 5.97. The lowest BCUT2D eigenvalue weighted by molar-refractivity contribution is 0.203. The van der Waals surface area contributed by atoms with E-state index in [4.69, 9.17) is 16.1 Å². The number of allylic oxidation sites excluding steroid dienone is 1. The van der Waals surface area contributed by atoms with E-state index in [-0.39, 0.29) is 6.03 Å². The zero-order valence-corrected chi connectivity index (χ0v) is 20.4. The molecular weight excluding hydrogens is 468 g/mol. The molecular formula is C26H23ClN4O2S. The molecule has 0 bridgehead atoms. The molecule has 1 atom stereocenters. The minimum atomic E-state index is -0.444. The smallest absolute Gasteiger partial charge is 0.322 e. The molecule has 4 aromatic rings. The molecule has 1 aliphatic rings. The first kappa shape index (κ1) is 22.4. The van der Waals surface area contributed by atoms with Crippen LogP contribution in [0.25, 0.3) is 16.3 Å². The summed E-state index contributed by atoms with van der Waals surface area (Å²) >= 11 is 7.65. The number of urea groups is 1. The lowest BCUT2D eigenvalue weighted by Crippen LogP contribution is -2.45. The highest BCUT2D eigenvalue weighted by Gasteiger charge is 2.35. The van der Waals surface area contributed by atoms with Crippen LogP contribution in [0, 0.1) is 0 Å². The minimum absolute atomic E-state index is 0.182. The van der Waals surface area contributed by atoms with E-state index in [1.165, 1.54) is 5.56 Å². The zero-order valence-electron chi connectivity index (χ0n) is 18.8. The summed E-state index contributed by atoms with van der Waals surface area (Å²) in [7, 11) is 0. The molecule has 0 saturated carbocycles. The molecule has 2 amide bonds. The molecule has 0 radical (unpaired) electrons. The fourth-order valence-electron chi connectivity index (χ4n) is 4.06. The van der Waals surface area contributed by atoms with Gasteiger partial charge in [-0.3, -0.25) is 4.90 Å². The lowest BCUT2D eigenvalue weighted by atomic mass is 9.94. The van der Waals surface area contributed by atoms with Crippen molar-refractivity contribution in [1.82, 2.24) is 20.4 Å². The average Bonchev–Trinajstić information content (AvgIpc) is 3.55. The van der Waals surface area contributed by atoms with Gasteiger partial charge in [0.05, 0.1) is 23.0 Å². The van der Waals surface area contributed by atoms with Crippen molar-refractivity contribution in [3.8, 4) is 10.7 Å². The molecule has 0 spiro atoms. The van der Waals surface area contributed by atoms with Crippen LogP contribution in [-0.4, -0.2) is 21.1 Å². The molecule has 8 heteroatoms. The average molecular weight is 491 g/mol. The van der Waals surface area contributed by atoms with Gasteiger partial charge in [-0.2, -0.15) is 4.98 Å². The van der Waals surface area contributed by atoms with Crippen molar-refractivity contribution in [3.63, 3.8) is 0 Å². The van der Waals surface area contributed by atoms with Crippen LogP contribution in [0.3, 0.4) is 0 Å². The van der Waals surface area contributed by atoms with Gasteiger partial charge in [0.2, 0.25) is 5.82 Å². The molecule has 1 aliphatic heterocycles. The number of nitrogens with zero attached hydrogens (tertiary/aromatic N) is 3. The first-order valence-electron chi connectivity index (χ1n) is 11.0. The van der Waals surface area contributed by atoms with Crippen LogP contribution in [0.1, 0.15) is 42.5 Å². The van der Waals surface area contributed by atoms with Gasteiger partial charge >= 0.3 is 6.03 Å². The van der Waals surface area contributed by atoms with Gasteiger partial charge in [-0.25, -0.2) is 4.79 Å². The fourth-order valence-corrected chi connectivity index (χ4v) is 4.83. The van der Waals surface area contributed by atoms with Gasteiger partial charge in [0.1, 0.15) is 0 Å². The second-order valence-electron chi connectivity index (χ2n) is 8.09. The minimum Gasteiger partial charge on any atom is -0.334 e. The first-order valence-corrected chi connectivity index (χ1v) is 12.3. The maximum absolute atomic E-state index is 13.2. The Labute approximate surface area is 206 Å². The first-order chi connectivity index (χ1) is 16.5. The van der Waals surface area contributed by atoms with Crippen LogP contribution >= 0.6 is 22.9 Å². The van der Waals surface area contributed by atoms with Gasteiger partial charge in [-0.1, -0.05) is 66.1 Å². The molecule has 3 heterocycles. The van der Waals surface area contributed by atoms with Crippen molar-refractivity contribution in [2.75, 3.05) is 0 Å². The fraction of sp³-hybridized carbons (Fsp3) is 0.192. The lowest BCUT2D eigenvalue weighted by Gasteiger charge is -2.35. The summed E-state index contributed by atoms with van der Waals surface area (Å²) in [6.07, 6.45) is 0.972. The van der Waals surface area contributed by atoms with Crippen molar-refractivity contribution in [2.24, 2.45) is 0 Å². The molecule has 34 heavy (non-hydrogen) atoms. The molecule has 1 N–H and O–H groups in total. The molecule has 2 aromatic carbocycles. The van der Waals surface area contributed by atoms with Crippen LogP contribution in [0.15, 0.2) is 76.3 Å². The van der Waals surface area contributed by atoms with Crippen molar-refractivity contribution in [3.05, 3.63) is 99.3 Å². The summed E-state index contributed by atoms with van der Waals surface area (Å²) in [5, 5.41) is 9.92. The maximum Gasteiger partial charge on any atom is 0.322 e. The third kappa shape index (κ3) is 4.36. The highest BCUT2D eigenvalue weighted by atomic mass is 35.5. The van der Waals surface area contributed by atoms with E-state index in [2.05, 4.69) is 46.6 Å². The largest absolute Gasteiger partial charge is 0.334 e. The molecule has 0 saturated heterocycles. The van der Waals surface area contributed by atoms with Crippen molar-refractivity contribution in [2.45, 2.75) is 32.9 Å². The van der Waals surface area contributed by atoms with Gasteiger partial charge in [0.15, 0.2) is 0 Å². The molecule has 0 fully saturated rings. The van der Waals surface area contributed by atoms with Crippen LogP contribution < -0.4 is 5.32 Å². The van der Waals surface area contributed by atoms with E-state index in [1.54, 1.807) is 16.2 Å². The number of carbonyl (C=O) groups excluding carboxylic acids is 1. The van der Waals surface area contributed by atoms with E-state index >= 15 is 0 Å². The highest BCUT2D eigenvalue weighted by Crippen LogP contribution is 2.38. The van der Waals surface area contributed by atoms with Crippen molar-refractivity contribution >= 4 is 34.5 Å². The Kier molecular flexibility index (Phi) is 6.22. The maximum atomic E-state index is 13.2. The Morgan fingerprint density at radius 1 is 1.09 bits per heavy atom. The predicted molar refractivity (Wildman–Crippen MR) is 134 cm³/mol. The van der Waals surface area contributed by atoms with E-state index in [0.29, 0.717) is 23.3 Å². The van der Waals surface area contributed by atoms with Gasteiger partial charge in [-0.05, 0) is 53.6 Å². The predicted octanol–water partition coefficient (Wildman–Crippen LogP) is 6.71. The van der Waals surface area contributed by atoms with Crippen LogP contribution in [0.4, 0.5) is 4.79 Å². The van der Waals surface area contributed by atoms with Gasteiger partial charge in [-0.15, -0.1) is 11.3 Å². The number of carbonyl (C=O) groups is 1. The summed E-state index contributed by atoms with van der Waals surface area (Å²) in [4.78, 5) is 20.6. The summed E-state index contributed by atoms with van der Waals surface area (Å²) in [6.45, 7) is 4.48. The quantitative estimate of drug-likeness (QED) is 0.326. The number of rotatable bonds is 6. The Bertz CT molecular complexity index is 1330. The summed E-state index contributed by atoms with van der Waals surface area (Å²) in [5.41, 5.74) is 4.72. The van der Waals surface area contributed by atoms with E-state index in [9.17, 15) is 4.79 Å². The van der Waals surface area contributed by atoms with Gasteiger partial charge in [0, 0.05) is 10.7 Å². The Balaban J connectivity index is 1.57. The summed E-state index contributed by atoms with van der Waals surface area (Å²) < 4.78 is 5.72.